The van der Waals surface area contributed by atoms with Crippen LogP contribution < -0.4 is 24.0 Å². The molecule has 0 aliphatic rings. The zero-order chi connectivity index (χ0) is 14.8. The van der Waals surface area contributed by atoms with E-state index >= 15 is 0 Å². The van der Waals surface area contributed by atoms with Crippen LogP contribution in [0, 0.1) is 0 Å². The predicted molar refractivity (Wildman–Crippen MR) is 36.3 cm³/mol. The molecular formula is C7H6F9LiO2. The molecule has 0 radical (unpaired) electrons. The fourth-order valence-electron chi connectivity index (χ4n) is 1.01. The second-order valence-corrected chi connectivity index (χ2v) is 3.08. The third kappa shape index (κ3) is 4.17. The maximum atomic E-state index is 12.2. The molecular weight excluding hydrogens is 294 g/mol. The summed E-state index contributed by atoms with van der Waals surface area (Å²) in [5.41, 5.74) is -6.28. The molecule has 0 atom stereocenters. The smallest absolute Gasteiger partial charge is 0.854 e. The molecule has 0 aliphatic carbocycles. The van der Waals surface area contributed by atoms with Gasteiger partial charge in [-0.1, -0.05) is 0 Å². The quantitative estimate of drug-likeness (QED) is 0.386. The van der Waals surface area contributed by atoms with E-state index in [1.165, 1.54) is 0 Å². The van der Waals surface area contributed by atoms with Crippen molar-refractivity contribution < 1.29 is 68.2 Å². The normalized spacial score (nSPS) is 14.2. The van der Waals surface area contributed by atoms with E-state index < -0.39 is 43.8 Å². The summed E-state index contributed by atoms with van der Waals surface area (Å²) in [5.74, 6) is 0. The minimum Gasteiger partial charge on any atom is -0.854 e. The van der Waals surface area contributed by atoms with Crippen LogP contribution in [0.4, 0.5) is 39.5 Å². The van der Waals surface area contributed by atoms with E-state index in [0.29, 0.717) is 0 Å². The standard InChI is InChI=1S/C7H6F9O2.Li/c8-5(9,10)4(6(11,12)13,7(14,15)16)18-3-1-2-17;/h1-3H2;/q-1;+1. The van der Waals surface area contributed by atoms with Crippen molar-refractivity contribution in [3.8, 4) is 0 Å². The van der Waals surface area contributed by atoms with Gasteiger partial charge in [-0.2, -0.15) is 39.5 Å². The summed E-state index contributed by atoms with van der Waals surface area (Å²) >= 11 is 0. The first kappa shape index (κ1) is 21.2. The topological polar surface area (TPSA) is 32.3 Å². The van der Waals surface area contributed by atoms with Gasteiger partial charge >= 0.3 is 43.0 Å². The predicted octanol–water partition coefficient (Wildman–Crippen LogP) is -0.817. The number of rotatable bonds is 4. The first-order valence-corrected chi connectivity index (χ1v) is 4.23. The van der Waals surface area contributed by atoms with Crippen molar-refractivity contribution in [2.24, 2.45) is 0 Å². The molecule has 0 N–H and O–H groups in total. The van der Waals surface area contributed by atoms with Gasteiger partial charge in [-0.3, -0.25) is 0 Å². The monoisotopic (exact) mass is 300 g/mol. The van der Waals surface area contributed by atoms with Gasteiger partial charge in [0.05, 0.1) is 0 Å². The van der Waals surface area contributed by atoms with Crippen molar-refractivity contribution in [2.75, 3.05) is 13.2 Å². The average molecular weight is 300 g/mol. The molecule has 0 aromatic rings. The van der Waals surface area contributed by atoms with Crippen molar-refractivity contribution in [3.63, 3.8) is 0 Å². The largest absolute Gasteiger partial charge is 1.00 e. The Morgan fingerprint density at radius 2 is 1.05 bits per heavy atom. The molecule has 0 aromatic carbocycles. The second kappa shape index (κ2) is 6.56. The van der Waals surface area contributed by atoms with Gasteiger partial charge in [0.2, 0.25) is 0 Å². The molecule has 0 heterocycles. The van der Waals surface area contributed by atoms with Crippen molar-refractivity contribution in [3.05, 3.63) is 0 Å². The summed E-state index contributed by atoms with van der Waals surface area (Å²) in [6.45, 7) is -2.77. The Kier molecular flexibility index (Phi) is 7.32. The van der Waals surface area contributed by atoms with E-state index in [2.05, 4.69) is 4.74 Å². The van der Waals surface area contributed by atoms with Crippen LogP contribution in [0.2, 0.25) is 0 Å². The fraction of sp³-hybridized carbons (Fsp3) is 1.00. The number of alkyl halides is 9. The minimum atomic E-state index is -6.74. The van der Waals surface area contributed by atoms with E-state index in [9.17, 15) is 44.6 Å². The molecule has 0 fully saturated rings. The molecule has 2 nitrogen and oxygen atoms in total. The molecule has 0 spiro atoms. The minimum absolute atomic E-state index is 0. The van der Waals surface area contributed by atoms with E-state index in [-0.39, 0.29) is 18.9 Å². The van der Waals surface area contributed by atoms with Gasteiger partial charge in [0.15, 0.2) is 0 Å². The zero-order valence-electron chi connectivity index (χ0n) is 9.34. The molecule has 12 heteroatoms. The van der Waals surface area contributed by atoms with Gasteiger partial charge in [-0.25, -0.2) is 0 Å². The fourth-order valence-corrected chi connectivity index (χ4v) is 1.01. The van der Waals surface area contributed by atoms with Gasteiger partial charge in [0, 0.05) is 6.61 Å². The Morgan fingerprint density at radius 1 is 0.737 bits per heavy atom. The summed E-state index contributed by atoms with van der Waals surface area (Å²) in [6, 6.07) is 0. The van der Waals surface area contributed by atoms with E-state index in [4.69, 9.17) is 0 Å². The molecule has 0 saturated heterocycles. The Hall–Kier alpha value is -0.113. The number of hydrogen-bond acceptors (Lipinski definition) is 2. The van der Waals surface area contributed by atoms with Crippen LogP contribution in [-0.2, 0) is 4.74 Å². The van der Waals surface area contributed by atoms with Crippen molar-refractivity contribution >= 4 is 0 Å². The van der Waals surface area contributed by atoms with Gasteiger partial charge < -0.3 is 9.84 Å². The summed E-state index contributed by atoms with van der Waals surface area (Å²) in [6.07, 6.45) is -21.1. The number of hydrogen-bond donors (Lipinski definition) is 0. The Bertz CT molecular complexity index is 233. The van der Waals surface area contributed by atoms with Gasteiger partial charge in [0.1, 0.15) is 0 Å². The first-order chi connectivity index (χ1) is 7.81. The van der Waals surface area contributed by atoms with Gasteiger partial charge in [0.25, 0.3) is 0 Å². The van der Waals surface area contributed by atoms with Crippen LogP contribution in [0.5, 0.6) is 0 Å². The molecule has 0 bridgehead atoms. The van der Waals surface area contributed by atoms with Crippen LogP contribution in [0.1, 0.15) is 6.42 Å². The van der Waals surface area contributed by atoms with Crippen molar-refractivity contribution in [1.82, 2.24) is 0 Å². The van der Waals surface area contributed by atoms with E-state index in [1.807, 2.05) is 0 Å². The number of ether oxygens (including phenoxy) is 1. The molecule has 0 saturated carbocycles. The number of halogens is 9. The summed E-state index contributed by atoms with van der Waals surface area (Å²) in [7, 11) is 0. The third-order valence-electron chi connectivity index (χ3n) is 1.80. The maximum absolute atomic E-state index is 12.2. The molecule has 0 rings (SSSR count). The van der Waals surface area contributed by atoms with Crippen LogP contribution in [-0.4, -0.2) is 37.3 Å². The zero-order valence-corrected chi connectivity index (χ0v) is 9.34. The van der Waals surface area contributed by atoms with Gasteiger partial charge in [-0.15, -0.1) is 6.61 Å². The van der Waals surface area contributed by atoms with Crippen LogP contribution in [0.25, 0.3) is 0 Å². The van der Waals surface area contributed by atoms with Crippen molar-refractivity contribution in [2.45, 2.75) is 30.6 Å². The molecule has 19 heavy (non-hydrogen) atoms. The van der Waals surface area contributed by atoms with Gasteiger partial charge in [-0.05, 0) is 6.42 Å². The summed E-state index contributed by atoms with van der Waals surface area (Å²) < 4.78 is 112. The van der Waals surface area contributed by atoms with Crippen LogP contribution >= 0.6 is 0 Å². The van der Waals surface area contributed by atoms with Crippen molar-refractivity contribution in [1.29, 1.82) is 0 Å². The third-order valence-corrected chi connectivity index (χ3v) is 1.80. The van der Waals surface area contributed by atoms with Crippen LogP contribution in [0.3, 0.4) is 0 Å². The molecule has 0 aromatic heterocycles. The Balaban J connectivity index is 0. The van der Waals surface area contributed by atoms with E-state index in [0.717, 1.165) is 0 Å². The Morgan fingerprint density at radius 3 is 1.26 bits per heavy atom. The van der Waals surface area contributed by atoms with E-state index in [1.54, 1.807) is 0 Å². The second-order valence-electron chi connectivity index (χ2n) is 3.08. The molecule has 0 amide bonds. The summed E-state index contributed by atoms with van der Waals surface area (Å²) in [5, 5.41) is 9.84. The molecule has 110 valence electrons. The maximum Gasteiger partial charge on any atom is 1.00 e. The van der Waals surface area contributed by atoms with Crippen LogP contribution in [0.15, 0.2) is 0 Å². The summed E-state index contributed by atoms with van der Waals surface area (Å²) in [4.78, 5) is 0. The molecule has 0 aliphatic heterocycles. The Labute approximate surface area is 113 Å². The first-order valence-electron chi connectivity index (χ1n) is 4.23. The molecule has 0 unspecified atom stereocenters. The average Bonchev–Trinajstić information content (AvgIpc) is 2.05. The SMILES string of the molecule is [Li+].[O-]CCCOC(C(F)(F)F)(C(F)(F)F)C(F)(F)F.